The van der Waals surface area contributed by atoms with Crippen LogP contribution < -0.4 is 0 Å². The fourth-order valence-corrected chi connectivity index (χ4v) is 2.69. The minimum absolute atomic E-state index is 0.461. The maximum absolute atomic E-state index is 11.4. The lowest BCUT2D eigenvalue weighted by atomic mass is 9.76. The molecule has 1 nitrogen and oxygen atoms in total. The molecule has 1 heteroatoms. The Kier molecular flexibility index (Phi) is 5.21. The Balaban J connectivity index is 2.39. The summed E-state index contributed by atoms with van der Waals surface area (Å²) in [5, 5.41) is 0. The number of ketones is 1. The molecule has 0 aliphatic heterocycles. The molecular formula is C13H24O. The van der Waals surface area contributed by atoms with Crippen LogP contribution in [0.2, 0.25) is 0 Å². The minimum atomic E-state index is 0.461. The van der Waals surface area contributed by atoms with Gasteiger partial charge >= 0.3 is 0 Å². The lowest BCUT2D eigenvalue weighted by Gasteiger charge is -2.29. The van der Waals surface area contributed by atoms with Gasteiger partial charge in [-0.3, -0.25) is 4.79 Å². The van der Waals surface area contributed by atoms with Gasteiger partial charge in [-0.05, 0) is 11.8 Å². The van der Waals surface area contributed by atoms with E-state index < -0.39 is 0 Å². The Morgan fingerprint density at radius 1 is 1.21 bits per heavy atom. The summed E-state index contributed by atoms with van der Waals surface area (Å²) < 4.78 is 0. The van der Waals surface area contributed by atoms with E-state index in [9.17, 15) is 4.79 Å². The molecule has 0 N–H and O–H groups in total. The Labute approximate surface area is 88.3 Å². The fraction of sp³-hybridized carbons (Fsp3) is 0.923. The minimum Gasteiger partial charge on any atom is -0.300 e. The average molecular weight is 196 g/mol. The van der Waals surface area contributed by atoms with Crippen LogP contribution in [0.15, 0.2) is 0 Å². The van der Waals surface area contributed by atoms with Crippen molar-refractivity contribution in [3.8, 4) is 0 Å². The molecule has 1 aliphatic carbocycles. The summed E-state index contributed by atoms with van der Waals surface area (Å²) in [6, 6.07) is 0. The van der Waals surface area contributed by atoms with E-state index in [4.69, 9.17) is 0 Å². The largest absolute Gasteiger partial charge is 0.300 e. The monoisotopic (exact) mass is 196 g/mol. The summed E-state index contributed by atoms with van der Waals surface area (Å²) in [5.41, 5.74) is 0. The Morgan fingerprint density at radius 2 is 1.86 bits per heavy atom. The van der Waals surface area contributed by atoms with Crippen molar-refractivity contribution in [1.82, 2.24) is 0 Å². The van der Waals surface area contributed by atoms with Gasteiger partial charge in [0.1, 0.15) is 5.78 Å². The number of Topliss-reactive ketones (excluding diaryl/α,β-unsaturated/α-hetero) is 1. The molecule has 0 aromatic heterocycles. The topological polar surface area (TPSA) is 17.1 Å². The first-order valence-corrected chi connectivity index (χ1v) is 6.29. The molecule has 0 saturated heterocycles. The number of carbonyl (C=O) groups is 1. The molecule has 1 fully saturated rings. The molecule has 14 heavy (non-hydrogen) atoms. The van der Waals surface area contributed by atoms with E-state index in [0.29, 0.717) is 11.7 Å². The second-order valence-corrected chi connectivity index (χ2v) is 4.66. The van der Waals surface area contributed by atoms with Crippen molar-refractivity contribution in [3.05, 3.63) is 0 Å². The zero-order valence-electron chi connectivity index (χ0n) is 9.72. The van der Waals surface area contributed by atoms with Crippen molar-refractivity contribution in [2.24, 2.45) is 11.8 Å². The predicted octanol–water partition coefficient (Wildman–Crippen LogP) is 3.96. The van der Waals surface area contributed by atoms with Gasteiger partial charge in [0.05, 0.1) is 0 Å². The van der Waals surface area contributed by atoms with Gasteiger partial charge in [0.2, 0.25) is 0 Å². The first-order chi connectivity index (χ1) is 6.77. The molecule has 0 spiro atoms. The van der Waals surface area contributed by atoms with Crippen LogP contribution >= 0.6 is 0 Å². The maximum Gasteiger partial charge on any atom is 0.132 e. The van der Waals surface area contributed by atoms with Crippen molar-refractivity contribution in [2.75, 3.05) is 0 Å². The van der Waals surface area contributed by atoms with Crippen molar-refractivity contribution < 1.29 is 4.79 Å². The summed E-state index contributed by atoms with van der Waals surface area (Å²) in [6.45, 7) is 4.22. The highest BCUT2D eigenvalue weighted by atomic mass is 16.1. The van der Waals surface area contributed by atoms with E-state index in [0.717, 1.165) is 18.8 Å². The van der Waals surface area contributed by atoms with Crippen molar-refractivity contribution in [3.63, 3.8) is 0 Å². The molecular weight excluding hydrogens is 172 g/mol. The van der Waals surface area contributed by atoms with Crippen LogP contribution in [0.1, 0.15) is 65.2 Å². The zero-order chi connectivity index (χ0) is 10.4. The smallest absolute Gasteiger partial charge is 0.132 e. The molecule has 1 aliphatic rings. The van der Waals surface area contributed by atoms with Crippen LogP contribution in [0.25, 0.3) is 0 Å². The van der Waals surface area contributed by atoms with Gasteiger partial charge in [0.25, 0.3) is 0 Å². The van der Waals surface area contributed by atoms with E-state index in [1.54, 1.807) is 0 Å². The van der Waals surface area contributed by atoms with Crippen LogP contribution in [0.3, 0.4) is 0 Å². The number of hydrogen-bond acceptors (Lipinski definition) is 1. The summed E-state index contributed by atoms with van der Waals surface area (Å²) in [7, 11) is 0. The predicted molar refractivity (Wildman–Crippen MR) is 60.3 cm³/mol. The van der Waals surface area contributed by atoms with Gasteiger partial charge in [0, 0.05) is 12.8 Å². The molecule has 0 aromatic rings. The molecule has 0 amide bonds. The summed E-state index contributed by atoms with van der Waals surface area (Å²) in [5.74, 6) is 1.99. The normalized spacial score (nSPS) is 20.7. The van der Waals surface area contributed by atoms with Crippen LogP contribution in [0, 0.1) is 11.8 Å². The molecule has 0 radical (unpaired) electrons. The van der Waals surface area contributed by atoms with Crippen LogP contribution in [-0.2, 0) is 4.79 Å². The van der Waals surface area contributed by atoms with Crippen molar-refractivity contribution >= 4 is 5.78 Å². The quantitative estimate of drug-likeness (QED) is 0.650. The Morgan fingerprint density at radius 3 is 2.36 bits per heavy atom. The van der Waals surface area contributed by atoms with Gasteiger partial charge in [-0.25, -0.2) is 0 Å². The molecule has 0 bridgehead atoms. The van der Waals surface area contributed by atoms with Gasteiger partial charge in [0.15, 0.2) is 0 Å². The summed E-state index contributed by atoms with van der Waals surface area (Å²) in [6.07, 6.45) is 9.69. The first kappa shape index (κ1) is 11.7. The summed E-state index contributed by atoms with van der Waals surface area (Å²) >= 11 is 0. The SMILES string of the molecule is CCC(=O)CC(CC)C1CCCCC1. The second-order valence-electron chi connectivity index (χ2n) is 4.66. The van der Waals surface area contributed by atoms with E-state index in [1.165, 1.54) is 38.5 Å². The lowest BCUT2D eigenvalue weighted by molar-refractivity contribution is -0.120. The summed E-state index contributed by atoms with van der Waals surface area (Å²) in [4.78, 5) is 11.4. The first-order valence-electron chi connectivity index (χ1n) is 6.29. The van der Waals surface area contributed by atoms with Gasteiger partial charge < -0.3 is 0 Å². The third-order valence-corrected chi connectivity index (χ3v) is 3.73. The number of rotatable bonds is 5. The Bertz CT molecular complexity index is 168. The molecule has 1 atom stereocenters. The number of carbonyl (C=O) groups excluding carboxylic acids is 1. The molecule has 82 valence electrons. The van der Waals surface area contributed by atoms with Crippen molar-refractivity contribution in [1.29, 1.82) is 0 Å². The highest BCUT2D eigenvalue weighted by Gasteiger charge is 2.23. The Hall–Kier alpha value is -0.330. The number of hydrogen-bond donors (Lipinski definition) is 0. The van der Waals surface area contributed by atoms with Crippen LogP contribution in [-0.4, -0.2) is 5.78 Å². The van der Waals surface area contributed by atoms with E-state index >= 15 is 0 Å². The fourth-order valence-electron chi connectivity index (χ4n) is 2.69. The van der Waals surface area contributed by atoms with E-state index in [1.807, 2.05) is 6.92 Å². The lowest BCUT2D eigenvalue weighted by Crippen LogP contribution is -2.20. The third kappa shape index (κ3) is 3.43. The molecule has 0 heterocycles. The van der Waals surface area contributed by atoms with Crippen LogP contribution in [0.5, 0.6) is 0 Å². The molecule has 1 rings (SSSR count). The molecule has 1 saturated carbocycles. The third-order valence-electron chi connectivity index (χ3n) is 3.73. The zero-order valence-corrected chi connectivity index (χ0v) is 9.72. The molecule has 0 aromatic carbocycles. The average Bonchev–Trinajstić information content (AvgIpc) is 2.26. The highest BCUT2D eigenvalue weighted by Crippen LogP contribution is 2.33. The van der Waals surface area contributed by atoms with Gasteiger partial charge in [-0.15, -0.1) is 0 Å². The highest BCUT2D eigenvalue weighted by molar-refractivity contribution is 5.78. The maximum atomic E-state index is 11.4. The van der Waals surface area contributed by atoms with E-state index in [-0.39, 0.29) is 0 Å². The van der Waals surface area contributed by atoms with Crippen LogP contribution in [0.4, 0.5) is 0 Å². The standard InChI is InChI=1S/C13H24O/c1-3-11(10-13(14)4-2)12-8-6-5-7-9-12/h11-12H,3-10H2,1-2H3. The van der Waals surface area contributed by atoms with Crippen molar-refractivity contribution in [2.45, 2.75) is 65.2 Å². The van der Waals surface area contributed by atoms with E-state index in [2.05, 4.69) is 6.92 Å². The second kappa shape index (κ2) is 6.21. The van der Waals surface area contributed by atoms with Gasteiger partial charge in [-0.1, -0.05) is 52.4 Å². The molecule has 1 unspecified atom stereocenters. The van der Waals surface area contributed by atoms with Gasteiger partial charge in [-0.2, -0.15) is 0 Å².